The molecule has 1 aliphatic heterocycles. The lowest BCUT2D eigenvalue weighted by Crippen LogP contribution is -2.13. The van der Waals surface area contributed by atoms with E-state index in [4.69, 9.17) is 15.2 Å². The first-order valence-electron chi connectivity index (χ1n) is 7.02. The lowest BCUT2D eigenvalue weighted by molar-refractivity contribution is 0.174. The van der Waals surface area contributed by atoms with Gasteiger partial charge in [0.25, 0.3) is 0 Å². The van der Waals surface area contributed by atoms with Crippen LogP contribution < -0.4 is 15.2 Å². The van der Waals surface area contributed by atoms with Crippen molar-refractivity contribution in [3.63, 3.8) is 0 Å². The van der Waals surface area contributed by atoms with Crippen LogP contribution in [0.3, 0.4) is 0 Å². The fourth-order valence-corrected chi connectivity index (χ4v) is 2.49. The number of rotatable bonds is 4. The van der Waals surface area contributed by atoms with E-state index in [2.05, 4.69) is 43.3 Å². The molecule has 0 fully saturated rings. The molecule has 0 aliphatic carbocycles. The number of hydrogen-bond donors (Lipinski definition) is 1. The number of nitrogens with zero attached hydrogens (tertiary/aromatic N) is 1. The minimum absolute atomic E-state index is 0.159. The molecule has 0 spiro atoms. The van der Waals surface area contributed by atoms with Crippen LogP contribution in [0.15, 0.2) is 42.5 Å². The molecule has 1 heterocycles. The molecule has 21 heavy (non-hydrogen) atoms. The molecule has 1 atom stereocenters. The monoisotopic (exact) mass is 284 g/mol. The second-order valence-corrected chi connectivity index (χ2v) is 5.57. The van der Waals surface area contributed by atoms with E-state index >= 15 is 0 Å². The van der Waals surface area contributed by atoms with E-state index in [-0.39, 0.29) is 12.8 Å². The average molecular weight is 284 g/mol. The van der Waals surface area contributed by atoms with Gasteiger partial charge in [0.2, 0.25) is 6.79 Å². The van der Waals surface area contributed by atoms with Gasteiger partial charge in [0, 0.05) is 6.54 Å². The van der Waals surface area contributed by atoms with Gasteiger partial charge in [0.1, 0.15) is 0 Å². The van der Waals surface area contributed by atoms with E-state index in [9.17, 15) is 0 Å². The third-order valence-electron chi connectivity index (χ3n) is 3.59. The van der Waals surface area contributed by atoms with Gasteiger partial charge in [-0.15, -0.1) is 0 Å². The molecule has 4 nitrogen and oxygen atoms in total. The summed E-state index contributed by atoms with van der Waals surface area (Å²) in [4.78, 5) is 2.15. The maximum absolute atomic E-state index is 6.35. The van der Waals surface area contributed by atoms with E-state index < -0.39 is 0 Å². The Hall–Kier alpha value is -2.04. The van der Waals surface area contributed by atoms with Crippen LogP contribution in [0.2, 0.25) is 0 Å². The van der Waals surface area contributed by atoms with Crippen LogP contribution in [0.5, 0.6) is 11.5 Å². The molecule has 2 N–H and O–H groups in total. The molecule has 1 unspecified atom stereocenters. The fraction of sp³-hybridized carbons (Fsp3) is 0.294. The number of fused-ring (bicyclic) bond motifs is 1. The second kappa shape index (κ2) is 5.76. The van der Waals surface area contributed by atoms with Crippen LogP contribution in [-0.4, -0.2) is 25.8 Å². The van der Waals surface area contributed by atoms with Crippen LogP contribution in [0.4, 0.5) is 0 Å². The van der Waals surface area contributed by atoms with Gasteiger partial charge >= 0.3 is 0 Å². The summed E-state index contributed by atoms with van der Waals surface area (Å²) in [6.45, 7) is 1.22. The molecule has 0 saturated carbocycles. The van der Waals surface area contributed by atoms with Gasteiger partial charge in [-0.1, -0.05) is 30.3 Å². The first-order valence-corrected chi connectivity index (χ1v) is 7.02. The summed E-state index contributed by atoms with van der Waals surface area (Å²) in [5.74, 6) is 1.56. The van der Waals surface area contributed by atoms with Crippen LogP contribution in [0.25, 0.3) is 0 Å². The maximum atomic E-state index is 6.35. The summed E-state index contributed by atoms with van der Waals surface area (Å²) < 4.78 is 10.7. The standard InChI is InChI=1S/C17H20N2O2/c1-19(2)10-12-3-5-13(6-4-12)17(18)14-7-8-15-16(9-14)21-11-20-15/h3-9,17H,10-11,18H2,1-2H3. The summed E-state index contributed by atoms with van der Waals surface area (Å²) in [7, 11) is 4.12. The zero-order valence-corrected chi connectivity index (χ0v) is 12.4. The molecule has 4 heteroatoms. The third kappa shape index (κ3) is 3.01. The summed E-state index contributed by atoms with van der Waals surface area (Å²) in [5.41, 5.74) is 9.76. The third-order valence-corrected chi connectivity index (χ3v) is 3.59. The molecule has 0 amide bonds. The highest BCUT2D eigenvalue weighted by Crippen LogP contribution is 2.35. The van der Waals surface area contributed by atoms with Crippen LogP contribution >= 0.6 is 0 Å². The molecular weight excluding hydrogens is 264 g/mol. The smallest absolute Gasteiger partial charge is 0.231 e. The van der Waals surface area contributed by atoms with Crippen molar-refractivity contribution in [2.24, 2.45) is 5.73 Å². The van der Waals surface area contributed by atoms with Crippen LogP contribution in [-0.2, 0) is 6.54 Å². The zero-order valence-electron chi connectivity index (χ0n) is 12.4. The fourth-order valence-electron chi connectivity index (χ4n) is 2.49. The molecule has 110 valence electrons. The Labute approximate surface area is 125 Å². The number of benzene rings is 2. The molecule has 0 bridgehead atoms. The van der Waals surface area contributed by atoms with Gasteiger partial charge in [0.15, 0.2) is 11.5 Å². The Bertz CT molecular complexity index is 623. The Kier molecular flexibility index (Phi) is 3.82. The maximum Gasteiger partial charge on any atom is 0.231 e. The zero-order chi connectivity index (χ0) is 14.8. The molecule has 0 aromatic heterocycles. The SMILES string of the molecule is CN(C)Cc1ccc(C(N)c2ccc3c(c2)OCO3)cc1. The van der Waals surface area contributed by atoms with Gasteiger partial charge in [0.05, 0.1) is 6.04 Å². The summed E-state index contributed by atoms with van der Waals surface area (Å²) >= 11 is 0. The van der Waals surface area contributed by atoms with Crippen molar-refractivity contribution < 1.29 is 9.47 Å². The first-order chi connectivity index (χ1) is 10.1. The Morgan fingerprint density at radius 2 is 1.67 bits per heavy atom. The van der Waals surface area contributed by atoms with Gasteiger partial charge in [-0.05, 0) is 42.9 Å². The van der Waals surface area contributed by atoms with Crippen molar-refractivity contribution in [2.75, 3.05) is 20.9 Å². The van der Waals surface area contributed by atoms with Crippen LogP contribution in [0.1, 0.15) is 22.7 Å². The highest BCUT2D eigenvalue weighted by atomic mass is 16.7. The number of hydrogen-bond acceptors (Lipinski definition) is 4. The average Bonchev–Trinajstić information content (AvgIpc) is 2.94. The molecule has 0 radical (unpaired) electrons. The molecule has 2 aromatic carbocycles. The van der Waals surface area contributed by atoms with Crippen molar-refractivity contribution in [1.29, 1.82) is 0 Å². The van der Waals surface area contributed by atoms with Crippen molar-refractivity contribution >= 4 is 0 Å². The van der Waals surface area contributed by atoms with Crippen LogP contribution in [0, 0.1) is 0 Å². The Morgan fingerprint density at radius 3 is 2.38 bits per heavy atom. The van der Waals surface area contributed by atoms with Crippen molar-refractivity contribution in [1.82, 2.24) is 4.90 Å². The summed E-state index contributed by atoms with van der Waals surface area (Å²) in [6, 6.07) is 14.1. The van der Waals surface area contributed by atoms with Gasteiger partial charge in [-0.3, -0.25) is 0 Å². The molecular formula is C17H20N2O2. The molecule has 2 aromatic rings. The minimum Gasteiger partial charge on any atom is -0.454 e. The molecule has 3 rings (SSSR count). The molecule has 0 saturated heterocycles. The minimum atomic E-state index is -0.159. The summed E-state index contributed by atoms with van der Waals surface area (Å²) in [5, 5.41) is 0. The Balaban J connectivity index is 1.79. The normalized spacial score (nSPS) is 14.5. The van der Waals surface area contributed by atoms with E-state index in [1.807, 2.05) is 18.2 Å². The predicted molar refractivity (Wildman–Crippen MR) is 82.4 cm³/mol. The number of ether oxygens (including phenoxy) is 2. The number of nitrogens with two attached hydrogens (primary N) is 1. The van der Waals surface area contributed by atoms with Gasteiger partial charge in [-0.2, -0.15) is 0 Å². The van der Waals surface area contributed by atoms with Gasteiger partial charge < -0.3 is 20.1 Å². The topological polar surface area (TPSA) is 47.7 Å². The van der Waals surface area contributed by atoms with E-state index in [0.29, 0.717) is 0 Å². The second-order valence-electron chi connectivity index (χ2n) is 5.57. The van der Waals surface area contributed by atoms with E-state index in [1.165, 1.54) is 5.56 Å². The largest absolute Gasteiger partial charge is 0.454 e. The highest BCUT2D eigenvalue weighted by molar-refractivity contribution is 5.47. The predicted octanol–water partition coefficient (Wildman–Crippen LogP) is 2.53. The quantitative estimate of drug-likeness (QED) is 0.937. The first kappa shape index (κ1) is 13.9. The van der Waals surface area contributed by atoms with E-state index in [0.717, 1.165) is 29.2 Å². The lowest BCUT2D eigenvalue weighted by atomic mass is 9.98. The highest BCUT2D eigenvalue weighted by Gasteiger charge is 2.16. The Morgan fingerprint density at radius 1 is 1.00 bits per heavy atom. The van der Waals surface area contributed by atoms with E-state index in [1.54, 1.807) is 0 Å². The van der Waals surface area contributed by atoms with Crippen molar-refractivity contribution in [2.45, 2.75) is 12.6 Å². The van der Waals surface area contributed by atoms with Crippen molar-refractivity contribution in [3.05, 3.63) is 59.2 Å². The molecule has 1 aliphatic rings. The summed E-state index contributed by atoms with van der Waals surface area (Å²) in [6.07, 6.45) is 0. The lowest BCUT2D eigenvalue weighted by Gasteiger charge is -2.15. The van der Waals surface area contributed by atoms with Gasteiger partial charge in [-0.25, -0.2) is 0 Å². The van der Waals surface area contributed by atoms with Crippen molar-refractivity contribution in [3.8, 4) is 11.5 Å².